The standard InChI is InChI=1S/C13H21N3O3/c1-8(2)4-11-14-12(19-15-11)7-16-5-9(3)10(6-16)13(17)18/h8-10H,4-7H2,1-3H3,(H,17,18). The molecule has 0 amide bonds. The summed E-state index contributed by atoms with van der Waals surface area (Å²) in [6, 6.07) is 0. The molecule has 6 nitrogen and oxygen atoms in total. The highest BCUT2D eigenvalue weighted by Gasteiger charge is 2.35. The molecule has 0 radical (unpaired) electrons. The maximum Gasteiger partial charge on any atom is 0.308 e. The zero-order chi connectivity index (χ0) is 14.0. The van der Waals surface area contributed by atoms with E-state index in [1.165, 1.54) is 0 Å². The second-order valence-corrected chi connectivity index (χ2v) is 5.82. The van der Waals surface area contributed by atoms with E-state index in [4.69, 9.17) is 9.63 Å². The Balaban J connectivity index is 1.92. The van der Waals surface area contributed by atoms with Gasteiger partial charge in [0.25, 0.3) is 0 Å². The van der Waals surface area contributed by atoms with Crippen molar-refractivity contribution in [3.05, 3.63) is 11.7 Å². The van der Waals surface area contributed by atoms with Gasteiger partial charge in [-0.2, -0.15) is 4.98 Å². The fraction of sp³-hybridized carbons (Fsp3) is 0.769. The summed E-state index contributed by atoms with van der Waals surface area (Å²) in [4.78, 5) is 17.5. The minimum atomic E-state index is -0.721. The molecule has 2 rings (SSSR count). The van der Waals surface area contributed by atoms with Gasteiger partial charge in [-0.15, -0.1) is 0 Å². The third-order valence-corrected chi connectivity index (χ3v) is 3.47. The number of carboxylic acids is 1. The lowest BCUT2D eigenvalue weighted by molar-refractivity contribution is -0.142. The van der Waals surface area contributed by atoms with Gasteiger partial charge in [0.2, 0.25) is 5.89 Å². The number of nitrogens with zero attached hydrogens (tertiary/aromatic N) is 3. The zero-order valence-electron chi connectivity index (χ0n) is 11.7. The maximum atomic E-state index is 11.1. The predicted octanol–water partition coefficient (Wildman–Crippen LogP) is 1.42. The van der Waals surface area contributed by atoms with Crippen LogP contribution >= 0.6 is 0 Å². The van der Waals surface area contributed by atoms with Crippen molar-refractivity contribution in [3.8, 4) is 0 Å². The van der Waals surface area contributed by atoms with Crippen LogP contribution in [0.2, 0.25) is 0 Å². The van der Waals surface area contributed by atoms with E-state index in [1.807, 2.05) is 6.92 Å². The van der Waals surface area contributed by atoms with Crippen LogP contribution in [0.4, 0.5) is 0 Å². The Morgan fingerprint density at radius 2 is 2.26 bits per heavy atom. The summed E-state index contributed by atoms with van der Waals surface area (Å²) in [5.41, 5.74) is 0. The summed E-state index contributed by atoms with van der Waals surface area (Å²) >= 11 is 0. The summed E-state index contributed by atoms with van der Waals surface area (Å²) < 4.78 is 5.21. The molecule has 1 aromatic rings. The van der Waals surface area contributed by atoms with E-state index < -0.39 is 5.97 Å². The van der Waals surface area contributed by atoms with Gasteiger partial charge in [0.15, 0.2) is 5.82 Å². The Morgan fingerprint density at radius 1 is 1.53 bits per heavy atom. The van der Waals surface area contributed by atoms with Crippen LogP contribution in [-0.4, -0.2) is 39.2 Å². The lowest BCUT2D eigenvalue weighted by atomic mass is 9.99. The van der Waals surface area contributed by atoms with E-state index in [0.29, 0.717) is 24.9 Å². The van der Waals surface area contributed by atoms with E-state index in [-0.39, 0.29) is 11.8 Å². The minimum Gasteiger partial charge on any atom is -0.481 e. The second-order valence-electron chi connectivity index (χ2n) is 5.82. The van der Waals surface area contributed by atoms with Gasteiger partial charge in [0.1, 0.15) is 0 Å². The lowest BCUT2D eigenvalue weighted by Gasteiger charge is -2.11. The smallest absolute Gasteiger partial charge is 0.308 e. The van der Waals surface area contributed by atoms with Crippen molar-refractivity contribution in [2.45, 2.75) is 33.7 Å². The Kier molecular flexibility index (Phi) is 4.19. The molecule has 0 aromatic carbocycles. The summed E-state index contributed by atoms with van der Waals surface area (Å²) in [7, 11) is 0. The van der Waals surface area contributed by atoms with Gasteiger partial charge in [-0.05, 0) is 11.8 Å². The van der Waals surface area contributed by atoms with Crippen LogP contribution in [0.5, 0.6) is 0 Å². The highest BCUT2D eigenvalue weighted by Crippen LogP contribution is 2.24. The van der Waals surface area contributed by atoms with Crippen molar-refractivity contribution in [1.29, 1.82) is 0 Å². The molecule has 2 unspecified atom stereocenters. The monoisotopic (exact) mass is 267 g/mol. The fourth-order valence-corrected chi connectivity index (χ4v) is 2.51. The number of aromatic nitrogens is 2. The third-order valence-electron chi connectivity index (χ3n) is 3.47. The molecule has 0 bridgehead atoms. The number of likely N-dealkylation sites (tertiary alicyclic amines) is 1. The van der Waals surface area contributed by atoms with Gasteiger partial charge in [0.05, 0.1) is 12.5 Å². The predicted molar refractivity (Wildman–Crippen MR) is 68.4 cm³/mol. The zero-order valence-corrected chi connectivity index (χ0v) is 11.7. The average molecular weight is 267 g/mol. The molecule has 2 atom stereocenters. The van der Waals surface area contributed by atoms with Crippen LogP contribution < -0.4 is 0 Å². The van der Waals surface area contributed by atoms with E-state index in [1.54, 1.807) is 0 Å². The lowest BCUT2D eigenvalue weighted by Crippen LogP contribution is -2.23. The minimum absolute atomic E-state index is 0.163. The van der Waals surface area contributed by atoms with Crippen molar-refractivity contribution >= 4 is 5.97 Å². The number of carbonyl (C=O) groups is 1. The molecule has 1 aromatic heterocycles. The van der Waals surface area contributed by atoms with Crippen LogP contribution in [0.1, 0.15) is 32.5 Å². The Morgan fingerprint density at radius 3 is 2.84 bits per heavy atom. The maximum absolute atomic E-state index is 11.1. The Hall–Kier alpha value is -1.43. The molecule has 19 heavy (non-hydrogen) atoms. The topological polar surface area (TPSA) is 79.5 Å². The SMILES string of the molecule is CC(C)Cc1noc(CN2CC(C)C(C(=O)O)C2)n1. The first-order valence-corrected chi connectivity index (χ1v) is 6.72. The molecule has 2 heterocycles. The number of rotatable bonds is 5. The Labute approximate surface area is 112 Å². The third kappa shape index (κ3) is 3.53. The first kappa shape index (κ1) is 14.0. The molecule has 106 valence electrons. The van der Waals surface area contributed by atoms with Crippen molar-refractivity contribution in [1.82, 2.24) is 15.0 Å². The van der Waals surface area contributed by atoms with Crippen LogP contribution in [0, 0.1) is 17.8 Å². The van der Waals surface area contributed by atoms with E-state index in [9.17, 15) is 4.79 Å². The molecule has 1 fully saturated rings. The normalized spacial score (nSPS) is 24.2. The summed E-state index contributed by atoms with van der Waals surface area (Å²) in [5.74, 6) is 0.948. The second kappa shape index (κ2) is 5.69. The van der Waals surface area contributed by atoms with Gasteiger partial charge in [-0.3, -0.25) is 9.69 Å². The van der Waals surface area contributed by atoms with Gasteiger partial charge in [-0.1, -0.05) is 25.9 Å². The largest absolute Gasteiger partial charge is 0.481 e. The molecule has 1 aliphatic heterocycles. The Bertz CT molecular complexity index is 444. The van der Waals surface area contributed by atoms with Crippen LogP contribution in [0.15, 0.2) is 4.52 Å². The van der Waals surface area contributed by atoms with Crippen molar-refractivity contribution in [2.24, 2.45) is 17.8 Å². The van der Waals surface area contributed by atoms with E-state index >= 15 is 0 Å². The summed E-state index contributed by atoms with van der Waals surface area (Å²) in [6.45, 7) is 8.04. The van der Waals surface area contributed by atoms with Crippen LogP contribution in [0.3, 0.4) is 0 Å². The van der Waals surface area contributed by atoms with Crippen LogP contribution in [-0.2, 0) is 17.8 Å². The molecular weight excluding hydrogens is 246 g/mol. The molecule has 0 spiro atoms. The molecular formula is C13H21N3O3. The summed E-state index contributed by atoms with van der Waals surface area (Å²) in [6.07, 6.45) is 0.803. The number of carboxylic acid groups (broad SMARTS) is 1. The highest BCUT2D eigenvalue weighted by molar-refractivity contribution is 5.71. The van der Waals surface area contributed by atoms with E-state index in [2.05, 4.69) is 28.9 Å². The highest BCUT2D eigenvalue weighted by atomic mass is 16.5. The van der Waals surface area contributed by atoms with Gasteiger partial charge in [0, 0.05) is 19.5 Å². The molecule has 1 saturated heterocycles. The average Bonchev–Trinajstić information content (AvgIpc) is 2.85. The number of hydrogen-bond donors (Lipinski definition) is 1. The van der Waals surface area contributed by atoms with Gasteiger partial charge < -0.3 is 9.63 Å². The first-order chi connectivity index (χ1) is 8.95. The molecule has 1 N–H and O–H groups in total. The van der Waals surface area contributed by atoms with Crippen molar-refractivity contribution < 1.29 is 14.4 Å². The van der Waals surface area contributed by atoms with Crippen molar-refractivity contribution in [3.63, 3.8) is 0 Å². The first-order valence-electron chi connectivity index (χ1n) is 6.72. The summed E-state index contributed by atoms with van der Waals surface area (Å²) in [5, 5.41) is 13.0. The van der Waals surface area contributed by atoms with Crippen LogP contribution in [0.25, 0.3) is 0 Å². The fourth-order valence-electron chi connectivity index (χ4n) is 2.51. The molecule has 6 heteroatoms. The number of hydrogen-bond acceptors (Lipinski definition) is 5. The number of aliphatic carboxylic acids is 1. The molecule has 0 aliphatic carbocycles. The van der Waals surface area contributed by atoms with Gasteiger partial charge in [-0.25, -0.2) is 0 Å². The van der Waals surface area contributed by atoms with Gasteiger partial charge >= 0.3 is 5.97 Å². The van der Waals surface area contributed by atoms with E-state index in [0.717, 1.165) is 18.8 Å². The van der Waals surface area contributed by atoms with Crippen molar-refractivity contribution in [2.75, 3.05) is 13.1 Å². The molecule has 1 aliphatic rings. The molecule has 0 saturated carbocycles. The quantitative estimate of drug-likeness (QED) is 0.869.